The van der Waals surface area contributed by atoms with Gasteiger partial charge in [-0.3, -0.25) is 0 Å². The Morgan fingerprint density at radius 1 is 1.18 bits per heavy atom. The molecule has 0 aromatic rings. The van der Waals surface area contributed by atoms with Gasteiger partial charge in [-0.25, -0.2) is 0 Å². The Bertz CT molecular complexity index is 110. The van der Waals surface area contributed by atoms with E-state index in [0.717, 1.165) is 0 Å². The molecule has 0 saturated carbocycles. The summed E-state index contributed by atoms with van der Waals surface area (Å²) in [4.78, 5) is 0. The van der Waals surface area contributed by atoms with Crippen molar-refractivity contribution in [2.75, 3.05) is 0 Å². The zero-order valence-electron chi connectivity index (χ0n) is 6.39. The molecule has 0 rings (SSSR count). The first kappa shape index (κ1) is 14.0. The molecule has 2 unspecified atom stereocenters. The number of hydrogen-bond donors (Lipinski definition) is 2. The summed E-state index contributed by atoms with van der Waals surface area (Å²) in [5, 5.41) is 0. The van der Waals surface area contributed by atoms with Crippen LogP contribution < -0.4 is 11.5 Å². The lowest BCUT2D eigenvalue weighted by Crippen LogP contribution is -2.19. The topological polar surface area (TPSA) is 87.6 Å². The Morgan fingerprint density at radius 3 is 1.64 bits per heavy atom. The molecule has 2 atom stereocenters. The van der Waals surface area contributed by atoms with Crippen LogP contribution in [-0.4, -0.2) is 12.5 Å². The molecule has 0 saturated heterocycles. The molecule has 0 aliphatic heterocycles. The minimum atomic E-state index is -2.16. The van der Waals surface area contributed by atoms with Gasteiger partial charge in [0.15, 0.2) is 12.5 Å². The molecule has 0 amide bonds. The van der Waals surface area contributed by atoms with Gasteiger partial charge in [-0.1, -0.05) is 0 Å². The number of hydrogen-bond acceptors (Lipinski definition) is 5. The van der Waals surface area contributed by atoms with Crippen molar-refractivity contribution in [2.24, 2.45) is 11.5 Å². The van der Waals surface area contributed by atoms with E-state index in [2.05, 4.69) is 9.05 Å². The molecule has 68 valence electrons. The summed E-state index contributed by atoms with van der Waals surface area (Å²) in [6.07, 6.45) is -1.19. The second-order valence-electron chi connectivity index (χ2n) is 1.84. The van der Waals surface area contributed by atoms with Gasteiger partial charge in [-0.05, 0) is 13.8 Å². The summed E-state index contributed by atoms with van der Waals surface area (Å²) in [6, 6.07) is 0. The van der Waals surface area contributed by atoms with E-state index in [-0.39, 0.29) is 17.0 Å². The molecule has 0 aliphatic rings. The third-order valence-electron chi connectivity index (χ3n) is 0.505. The van der Waals surface area contributed by atoms with Crippen molar-refractivity contribution >= 4 is 25.2 Å². The van der Waals surface area contributed by atoms with Crippen LogP contribution in [0.25, 0.3) is 0 Å². The van der Waals surface area contributed by atoms with Crippen LogP contribution in [-0.2, 0) is 13.6 Å². The average molecular weight is 248 g/mol. The lowest BCUT2D eigenvalue weighted by atomic mass is 10.7. The molecule has 11 heavy (non-hydrogen) atoms. The molecule has 0 heterocycles. The number of halogens is 1. The van der Waals surface area contributed by atoms with Crippen molar-refractivity contribution in [3.05, 3.63) is 0 Å². The van der Waals surface area contributed by atoms with Crippen molar-refractivity contribution in [1.29, 1.82) is 0 Å². The third kappa shape index (κ3) is 10.4. The maximum absolute atomic E-state index is 10.6. The predicted molar refractivity (Wildman–Crippen MR) is 47.4 cm³/mol. The molecule has 0 bridgehead atoms. The molecule has 5 nitrogen and oxygen atoms in total. The molecule has 4 N–H and O–H groups in total. The van der Waals surface area contributed by atoms with Crippen molar-refractivity contribution < 1.29 is 13.6 Å². The van der Waals surface area contributed by atoms with Crippen molar-refractivity contribution in [1.82, 2.24) is 0 Å². The number of nitrogens with two attached hydrogens (primary N) is 2. The van der Waals surface area contributed by atoms with Gasteiger partial charge < -0.3 is 11.5 Å². The molecule has 0 aromatic carbocycles. The summed E-state index contributed by atoms with van der Waals surface area (Å²) in [5.74, 6) is 0. The second kappa shape index (κ2) is 7.09. The van der Waals surface area contributed by atoms with Gasteiger partial charge in [0.1, 0.15) is 0 Å². The van der Waals surface area contributed by atoms with Crippen molar-refractivity contribution in [3.8, 4) is 0 Å². The van der Waals surface area contributed by atoms with Crippen LogP contribution in [0.2, 0.25) is 0 Å². The molecule has 7 heteroatoms. The SMILES string of the molecule is Br.CC(N)O[P+](=O)OC(C)N. The monoisotopic (exact) mass is 247 g/mol. The summed E-state index contributed by atoms with van der Waals surface area (Å²) in [5.41, 5.74) is 10.3. The van der Waals surface area contributed by atoms with E-state index >= 15 is 0 Å². The lowest BCUT2D eigenvalue weighted by molar-refractivity contribution is 0.151. The fourth-order valence-electron chi connectivity index (χ4n) is 0.296. The van der Waals surface area contributed by atoms with Crippen LogP contribution in [0, 0.1) is 0 Å². The van der Waals surface area contributed by atoms with E-state index in [1.165, 1.54) is 0 Å². The predicted octanol–water partition coefficient (Wildman–Crippen LogP) is 0.864. The molecule has 0 aromatic heterocycles. The first-order chi connectivity index (χ1) is 4.52. The average Bonchev–Trinajstić information content (AvgIpc) is 1.58. The standard InChI is InChI=1S/C4H12N2O3P.BrH/c1-3(5)8-10(7)9-4(2)6;/h3-4H,5-6H2,1-2H3;1H/q+1;. The Labute approximate surface area is 77.1 Å². The molecular formula is C4H13BrN2O3P+. The van der Waals surface area contributed by atoms with Crippen LogP contribution in [0.3, 0.4) is 0 Å². The van der Waals surface area contributed by atoms with Gasteiger partial charge in [-0.2, -0.15) is 0 Å². The Balaban J connectivity index is 0. The molecule has 0 spiro atoms. The maximum atomic E-state index is 10.6. The summed E-state index contributed by atoms with van der Waals surface area (Å²) < 4.78 is 19.7. The maximum Gasteiger partial charge on any atom is 0.700 e. The summed E-state index contributed by atoms with van der Waals surface area (Å²) in [7, 11) is -2.16. The van der Waals surface area contributed by atoms with Crippen LogP contribution >= 0.6 is 25.2 Å². The first-order valence-electron chi connectivity index (χ1n) is 2.84. The summed E-state index contributed by atoms with van der Waals surface area (Å²) >= 11 is 0. The Morgan fingerprint density at radius 2 is 1.45 bits per heavy atom. The fourth-order valence-corrected chi connectivity index (χ4v) is 0.889. The van der Waals surface area contributed by atoms with Gasteiger partial charge in [0.05, 0.1) is 0 Å². The van der Waals surface area contributed by atoms with Crippen LogP contribution in [0.4, 0.5) is 0 Å². The van der Waals surface area contributed by atoms with E-state index in [1.54, 1.807) is 13.8 Å². The lowest BCUT2D eigenvalue weighted by Gasteiger charge is -1.95. The van der Waals surface area contributed by atoms with E-state index in [4.69, 9.17) is 11.5 Å². The van der Waals surface area contributed by atoms with Gasteiger partial charge >= 0.3 is 8.25 Å². The van der Waals surface area contributed by atoms with E-state index in [0.29, 0.717) is 0 Å². The number of rotatable bonds is 4. The van der Waals surface area contributed by atoms with Crippen LogP contribution in [0.15, 0.2) is 0 Å². The zero-order chi connectivity index (χ0) is 8.15. The highest BCUT2D eigenvalue weighted by Gasteiger charge is 2.24. The highest BCUT2D eigenvalue weighted by atomic mass is 79.9. The molecule has 0 radical (unpaired) electrons. The summed E-state index contributed by atoms with van der Waals surface area (Å²) in [6.45, 7) is 3.11. The van der Waals surface area contributed by atoms with Crippen LogP contribution in [0.5, 0.6) is 0 Å². The Hall–Kier alpha value is 0.420. The highest BCUT2D eigenvalue weighted by molar-refractivity contribution is 8.93. The molecule has 0 aliphatic carbocycles. The van der Waals surface area contributed by atoms with Crippen LogP contribution in [0.1, 0.15) is 13.8 Å². The van der Waals surface area contributed by atoms with Crippen molar-refractivity contribution in [2.45, 2.75) is 26.3 Å². The minimum absolute atomic E-state index is 0. The van der Waals surface area contributed by atoms with E-state index in [1.807, 2.05) is 0 Å². The normalized spacial score (nSPS) is 16.5. The highest BCUT2D eigenvalue weighted by Crippen LogP contribution is 2.25. The third-order valence-corrected chi connectivity index (χ3v) is 1.51. The van der Waals surface area contributed by atoms with E-state index in [9.17, 15) is 4.57 Å². The molecule has 0 fully saturated rings. The first-order valence-corrected chi connectivity index (χ1v) is 3.94. The van der Waals surface area contributed by atoms with Gasteiger partial charge in [0.25, 0.3) is 0 Å². The van der Waals surface area contributed by atoms with Crippen molar-refractivity contribution in [3.63, 3.8) is 0 Å². The smallest absolute Gasteiger partial charge is 0.302 e. The van der Waals surface area contributed by atoms with Gasteiger partial charge in [-0.15, -0.1) is 26.0 Å². The van der Waals surface area contributed by atoms with Gasteiger partial charge in [0.2, 0.25) is 0 Å². The fraction of sp³-hybridized carbons (Fsp3) is 1.00. The second-order valence-corrected chi connectivity index (χ2v) is 2.71. The molecular weight excluding hydrogens is 235 g/mol. The van der Waals surface area contributed by atoms with E-state index < -0.39 is 20.7 Å². The van der Waals surface area contributed by atoms with Gasteiger partial charge in [0, 0.05) is 4.57 Å². The quantitative estimate of drug-likeness (QED) is 0.569. The minimum Gasteiger partial charge on any atom is -0.302 e. The zero-order valence-corrected chi connectivity index (χ0v) is 9.00. The largest absolute Gasteiger partial charge is 0.700 e. The Kier molecular flexibility index (Phi) is 9.01.